The van der Waals surface area contributed by atoms with Crippen molar-refractivity contribution in [1.29, 1.82) is 0 Å². The lowest BCUT2D eigenvalue weighted by molar-refractivity contribution is 0.0636. The molecule has 4 aromatic rings. The fourth-order valence-electron chi connectivity index (χ4n) is 5.45. The van der Waals surface area contributed by atoms with E-state index in [0.29, 0.717) is 54.9 Å². The number of methoxy groups -OCH3 is 1. The topological polar surface area (TPSA) is 115 Å². The van der Waals surface area contributed by atoms with Crippen LogP contribution in [0.1, 0.15) is 43.4 Å². The van der Waals surface area contributed by atoms with Crippen LogP contribution in [0.25, 0.3) is 11.4 Å². The number of aromatic amines is 1. The number of ether oxygens (including phenoxy) is 4. The van der Waals surface area contributed by atoms with Gasteiger partial charge in [0, 0.05) is 53.8 Å². The van der Waals surface area contributed by atoms with Gasteiger partial charge in [0.25, 0.3) is 5.56 Å². The zero-order valence-corrected chi connectivity index (χ0v) is 24.6. The van der Waals surface area contributed by atoms with Crippen molar-refractivity contribution in [3.63, 3.8) is 0 Å². The second kappa shape index (κ2) is 11.4. The summed E-state index contributed by atoms with van der Waals surface area (Å²) in [5.74, 6) is 1.65. The molecule has 10 nitrogen and oxygen atoms in total. The van der Waals surface area contributed by atoms with Crippen LogP contribution in [-0.2, 0) is 9.47 Å². The van der Waals surface area contributed by atoms with Gasteiger partial charge in [0.15, 0.2) is 5.75 Å². The van der Waals surface area contributed by atoms with Crippen LogP contribution in [0, 0.1) is 0 Å². The number of nitrogens with one attached hydrogen (secondary N) is 2. The summed E-state index contributed by atoms with van der Waals surface area (Å²) < 4.78 is 22.9. The van der Waals surface area contributed by atoms with Crippen LogP contribution in [0.4, 0.5) is 16.2 Å². The van der Waals surface area contributed by atoms with Gasteiger partial charge in [-0.2, -0.15) is 0 Å². The molecule has 4 heterocycles. The summed E-state index contributed by atoms with van der Waals surface area (Å²) in [7, 11) is 1.63. The second-order valence-corrected chi connectivity index (χ2v) is 11.5. The van der Waals surface area contributed by atoms with Gasteiger partial charge in [-0.3, -0.25) is 15.1 Å². The number of carbonyl (C=O) groups excluding carboxylic acids is 1. The zero-order valence-electron chi connectivity index (χ0n) is 24.6. The molecule has 2 aromatic carbocycles. The molecule has 0 aliphatic carbocycles. The van der Waals surface area contributed by atoms with Crippen molar-refractivity contribution in [3.8, 4) is 28.6 Å². The van der Waals surface area contributed by atoms with Crippen LogP contribution < -0.4 is 25.2 Å². The number of rotatable bonds is 5. The number of aromatic nitrogens is 2. The quantitative estimate of drug-likeness (QED) is 0.263. The molecule has 1 atom stereocenters. The molecular weight excluding hydrogens is 548 g/mol. The Morgan fingerprint density at radius 1 is 1.02 bits per heavy atom. The van der Waals surface area contributed by atoms with E-state index in [1.54, 1.807) is 25.4 Å². The highest BCUT2D eigenvalue weighted by Crippen LogP contribution is 2.50. The first-order valence-electron chi connectivity index (χ1n) is 14.2. The van der Waals surface area contributed by atoms with E-state index in [0.717, 1.165) is 28.1 Å². The maximum absolute atomic E-state index is 12.8. The average Bonchev–Trinajstić information content (AvgIpc) is 2.99. The van der Waals surface area contributed by atoms with Crippen molar-refractivity contribution >= 4 is 17.5 Å². The largest absolute Gasteiger partial charge is 0.497 e. The summed E-state index contributed by atoms with van der Waals surface area (Å²) in [6.07, 6.45) is 1.18. The van der Waals surface area contributed by atoms with E-state index in [4.69, 9.17) is 18.9 Å². The van der Waals surface area contributed by atoms with Gasteiger partial charge in [0.05, 0.1) is 26.0 Å². The summed E-state index contributed by atoms with van der Waals surface area (Å²) in [6.45, 7) is 8.07. The number of amides is 1. The highest BCUT2D eigenvalue weighted by atomic mass is 16.6. The first-order valence-corrected chi connectivity index (χ1v) is 14.2. The molecule has 0 spiro atoms. The van der Waals surface area contributed by atoms with Gasteiger partial charge in [-0.05, 0) is 68.8 Å². The molecule has 222 valence electrons. The minimum absolute atomic E-state index is 0.223. The maximum Gasteiger partial charge on any atom is 0.412 e. The summed E-state index contributed by atoms with van der Waals surface area (Å²) in [5.41, 5.74) is 4.35. The number of H-pyrrole nitrogens is 1. The Morgan fingerprint density at radius 3 is 2.51 bits per heavy atom. The van der Waals surface area contributed by atoms with Crippen LogP contribution >= 0.6 is 0 Å². The van der Waals surface area contributed by atoms with Crippen LogP contribution in [0.15, 0.2) is 71.7 Å². The van der Waals surface area contributed by atoms with Gasteiger partial charge >= 0.3 is 6.09 Å². The van der Waals surface area contributed by atoms with Crippen molar-refractivity contribution in [2.45, 2.75) is 32.3 Å². The van der Waals surface area contributed by atoms with Crippen LogP contribution in [0.2, 0.25) is 0 Å². The number of morpholine rings is 1. The lowest BCUT2D eigenvalue weighted by atomic mass is 9.82. The first-order chi connectivity index (χ1) is 20.7. The molecule has 10 heteroatoms. The smallest absolute Gasteiger partial charge is 0.412 e. The number of pyridine rings is 2. The predicted octanol–water partition coefficient (Wildman–Crippen LogP) is 5.92. The van der Waals surface area contributed by atoms with E-state index in [2.05, 4.69) is 20.2 Å². The summed E-state index contributed by atoms with van der Waals surface area (Å²) >= 11 is 0. The fraction of sp³-hybridized carbons (Fsp3) is 0.303. The van der Waals surface area contributed by atoms with Crippen LogP contribution in [-0.4, -0.2) is 55.1 Å². The molecule has 2 aromatic heterocycles. The molecule has 2 aliphatic rings. The van der Waals surface area contributed by atoms with Gasteiger partial charge in [-0.25, -0.2) is 4.79 Å². The van der Waals surface area contributed by atoms with Gasteiger partial charge in [-0.15, -0.1) is 0 Å². The standard InChI is InChI=1S/C33H34N4O6/c1-33(2,3)43-32(39)35-21-7-10-27-25(17-21)29(20-5-8-23(40-4)9-6-20)24-11-12-34-30(31(24)42-27)26-18-22(19-28(38)36-26)37-13-15-41-16-14-37/h5-12,17-19,29H,13-16H2,1-4H3,(H,35,39)(H,36,38). The molecule has 2 N–H and O–H groups in total. The SMILES string of the molecule is COc1ccc(C2c3cc(NC(=O)OC(C)(C)C)ccc3Oc3c2ccnc3-c2cc(N3CCOCC3)cc(=O)[nH]2)cc1. The number of nitrogens with zero attached hydrogens (tertiary/aromatic N) is 2. The molecule has 1 unspecified atom stereocenters. The van der Waals surface area contributed by atoms with Gasteiger partial charge in [0.1, 0.15) is 22.8 Å². The van der Waals surface area contributed by atoms with E-state index in [9.17, 15) is 9.59 Å². The number of carbonyl (C=O) groups is 1. The second-order valence-electron chi connectivity index (χ2n) is 11.5. The van der Waals surface area contributed by atoms with Gasteiger partial charge in [0.2, 0.25) is 0 Å². The van der Waals surface area contributed by atoms with Gasteiger partial charge < -0.3 is 28.8 Å². The Balaban J connectivity index is 1.45. The van der Waals surface area contributed by atoms with Crippen LogP contribution in [0.3, 0.4) is 0 Å². The Morgan fingerprint density at radius 2 is 1.79 bits per heavy atom. The van der Waals surface area contributed by atoms with Crippen molar-refractivity contribution in [2.24, 2.45) is 0 Å². The fourth-order valence-corrected chi connectivity index (χ4v) is 5.45. The van der Waals surface area contributed by atoms with Crippen molar-refractivity contribution in [3.05, 3.63) is 93.9 Å². The van der Waals surface area contributed by atoms with Gasteiger partial charge in [-0.1, -0.05) is 12.1 Å². The van der Waals surface area contributed by atoms with E-state index in [-0.39, 0.29) is 11.5 Å². The highest BCUT2D eigenvalue weighted by molar-refractivity contribution is 5.85. The van der Waals surface area contributed by atoms with E-state index in [1.165, 1.54) is 0 Å². The van der Waals surface area contributed by atoms with E-state index in [1.807, 2.05) is 69.3 Å². The third-order valence-electron chi connectivity index (χ3n) is 7.33. The lowest BCUT2D eigenvalue weighted by Gasteiger charge is -2.31. The highest BCUT2D eigenvalue weighted by Gasteiger charge is 2.32. The number of anilines is 2. The molecule has 1 fully saturated rings. The number of hydrogen-bond donors (Lipinski definition) is 2. The minimum atomic E-state index is -0.630. The molecule has 6 rings (SSSR count). The summed E-state index contributed by atoms with van der Waals surface area (Å²) in [5, 5.41) is 2.84. The Hall–Kier alpha value is -4.83. The normalized spacial score (nSPS) is 16.0. The monoisotopic (exact) mass is 582 g/mol. The number of hydrogen-bond acceptors (Lipinski definition) is 8. The lowest BCUT2D eigenvalue weighted by Crippen LogP contribution is -2.36. The Bertz CT molecular complexity index is 1700. The van der Waals surface area contributed by atoms with E-state index >= 15 is 0 Å². The molecular formula is C33H34N4O6. The Labute approximate surface area is 249 Å². The summed E-state index contributed by atoms with van der Waals surface area (Å²) in [6, 6.07) is 18.8. The summed E-state index contributed by atoms with van der Waals surface area (Å²) in [4.78, 5) is 35.1. The average molecular weight is 583 g/mol. The third-order valence-corrected chi connectivity index (χ3v) is 7.33. The molecule has 0 radical (unpaired) electrons. The number of fused-ring (bicyclic) bond motifs is 2. The third kappa shape index (κ3) is 6.05. The first kappa shape index (κ1) is 28.3. The van der Waals surface area contributed by atoms with E-state index < -0.39 is 11.7 Å². The Kier molecular flexibility index (Phi) is 7.53. The van der Waals surface area contributed by atoms with Crippen molar-refractivity contribution < 1.29 is 23.7 Å². The van der Waals surface area contributed by atoms with Crippen molar-refractivity contribution in [2.75, 3.05) is 43.6 Å². The number of benzene rings is 2. The molecule has 0 saturated carbocycles. The molecule has 1 amide bonds. The predicted molar refractivity (Wildman–Crippen MR) is 164 cm³/mol. The molecule has 43 heavy (non-hydrogen) atoms. The molecule has 1 saturated heterocycles. The van der Waals surface area contributed by atoms with Crippen LogP contribution in [0.5, 0.6) is 17.2 Å². The molecule has 0 bridgehead atoms. The zero-order chi connectivity index (χ0) is 30.1. The van der Waals surface area contributed by atoms with Crippen molar-refractivity contribution in [1.82, 2.24) is 9.97 Å². The minimum Gasteiger partial charge on any atom is -0.497 e. The molecule has 2 aliphatic heterocycles. The maximum atomic E-state index is 12.8.